The van der Waals surface area contributed by atoms with Crippen LogP contribution in [0.1, 0.15) is 18.9 Å². The topological polar surface area (TPSA) is 38.5 Å². The quantitative estimate of drug-likeness (QED) is 0.890. The van der Waals surface area contributed by atoms with Crippen LogP contribution in [0.4, 0.5) is 10.1 Å². The normalized spacial score (nSPS) is 20.2. The van der Waals surface area contributed by atoms with Gasteiger partial charge in [-0.3, -0.25) is 0 Å². The Balaban J connectivity index is 2.29. The van der Waals surface area contributed by atoms with Crippen LogP contribution in [0.5, 0.6) is 0 Å². The summed E-state index contributed by atoms with van der Waals surface area (Å²) in [7, 11) is 0. The van der Waals surface area contributed by atoms with Crippen LogP contribution in [0.3, 0.4) is 0 Å². The van der Waals surface area contributed by atoms with Gasteiger partial charge in [-0.25, -0.2) is 4.39 Å². The number of hydrogen-bond donors (Lipinski definition) is 1. The fourth-order valence-electron chi connectivity index (χ4n) is 2.50. The summed E-state index contributed by atoms with van der Waals surface area (Å²) in [6.07, 6.45) is 1.74. The minimum absolute atomic E-state index is 0.191. The van der Waals surface area contributed by atoms with E-state index in [1.807, 2.05) is 6.07 Å². The fraction of sp³-hybridized carbons (Fsp3) is 0.571. The van der Waals surface area contributed by atoms with E-state index in [-0.39, 0.29) is 5.82 Å². The maximum atomic E-state index is 13.3. The molecule has 4 heteroatoms. The zero-order valence-corrected chi connectivity index (χ0v) is 10.9. The molecule has 1 atom stereocenters. The molecule has 2 rings (SSSR count). The van der Waals surface area contributed by atoms with Crippen molar-refractivity contribution in [1.29, 1.82) is 0 Å². The number of hydrogen-bond acceptors (Lipinski definition) is 3. The Morgan fingerprint density at radius 2 is 2.33 bits per heavy atom. The van der Waals surface area contributed by atoms with Crippen molar-refractivity contribution >= 4 is 5.69 Å². The van der Waals surface area contributed by atoms with Crippen LogP contribution >= 0.6 is 0 Å². The minimum Gasteiger partial charge on any atom is -0.377 e. The van der Waals surface area contributed by atoms with Crippen LogP contribution in [0.2, 0.25) is 0 Å². The van der Waals surface area contributed by atoms with Crippen LogP contribution < -0.4 is 10.6 Å². The molecule has 0 bridgehead atoms. The third-order valence-corrected chi connectivity index (χ3v) is 3.46. The highest BCUT2D eigenvalue weighted by molar-refractivity contribution is 5.55. The Kier molecular flexibility index (Phi) is 4.55. The monoisotopic (exact) mass is 252 g/mol. The van der Waals surface area contributed by atoms with E-state index in [1.54, 1.807) is 6.07 Å². The van der Waals surface area contributed by atoms with Crippen molar-refractivity contribution in [3.63, 3.8) is 0 Å². The Morgan fingerprint density at radius 3 is 3.06 bits per heavy atom. The van der Waals surface area contributed by atoms with Gasteiger partial charge in [0.05, 0.1) is 19.3 Å². The first-order valence-electron chi connectivity index (χ1n) is 6.59. The third kappa shape index (κ3) is 2.82. The van der Waals surface area contributed by atoms with Gasteiger partial charge in [-0.05, 0) is 43.1 Å². The molecule has 1 aromatic rings. The fourth-order valence-corrected chi connectivity index (χ4v) is 2.50. The summed E-state index contributed by atoms with van der Waals surface area (Å²) in [6.45, 7) is 5.03. The van der Waals surface area contributed by atoms with Crippen LogP contribution in [-0.4, -0.2) is 32.3 Å². The maximum Gasteiger partial charge on any atom is 0.123 e. The maximum absolute atomic E-state index is 13.3. The van der Waals surface area contributed by atoms with Gasteiger partial charge in [0.15, 0.2) is 0 Å². The number of halogens is 1. The van der Waals surface area contributed by atoms with Crippen molar-refractivity contribution in [2.45, 2.75) is 25.8 Å². The van der Waals surface area contributed by atoms with Crippen LogP contribution in [-0.2, 0) is 11.2 Å². The number of nitrogens with zero attached hydrogens (tertiary/aromatic N) is 1. The van der Waals surface area contributed by atoms with Gasteiger partial charge in [-0.1, -0.05) is 6.92 Å². The lowest BCUT2D eigenvalue weighted by atomic mass is 10.0. The number of benzene rings is 1. The number of anilines is 1. The summed E-state index contributed by atoms with van der Waals surface area (Å²) < 4.78 is 18.8. The Bertz CT molecular complexity index is 397. The Labute approximate surface area is 108 Å². The molecule has 0 saturated carbocycles. The molecule has 0 aromatic heterocycles. The van der Waals surface area contributed by atoms with Crippen LogP contribution in [0.15, 0.2) is 18.2 Å². The van der Waals surface area contributed by atoms with Crippen LogP contribution in [0, 0.1) is 5.82 Å². The van der Waals surface area contributed by atoms with Crippen molar-refractivity contribution < 1.29 is 9.13 Å². The summed E-state index contributed by atoms with van der Waals surface area (Å²) in [4.78, 5) is 2.33. The van der Waals surface area contributed by atoms with Gasteiger partial charge >= 0.3 is 0 Å². The van der Waals surface area contributed by atoms with Gasteiger partial charge in [-0.2, -0.15) is 0 Å². The van der Waals surface area contributed by atoms with Crippen molar-refractivity contribution in [1.82, 2.24) is 0 Å². The van der Waals surface area contributed by atoms with Gasteiger partial charge in [0.25, 0.3) is 0 Å². The van der Waals surface area contributed by atoms with Gasteiger partial charge < -0.3 is 15.4 Å². The third-order valence-electron chi connectivity index (χ3n) is 3.46. The second-order valence-corrected chi connectivity index (χ2v) is 4.64. The lowest BCUT2D eigenvalue weighted by molar-refractivity contribution is 0.0929. The molecule has 1 heterocycles. The highest BCUT2D eigenvalue weighted by Crippen LogP contribution is 2.26. The molecular formula is C14H21FN2O. The molecule has 3 nitrogen and oxygen atoms in total. The number of rotatable bonds is 4. The second kappa shape index (κ2) is 6.16. The molecule has 18 heavy (non-hydrogen) atoms. The Morgan fingerprint density at radius 1 is 1.50 bits per heavy atom. The largest absolute Gasteiger partial charge is 0.377 e. The molecule has 2 N–H and O–H groups in total. The smallest absolute Gasteiger partial charge is 0.123 e. The summed E-state index contributed by atoms with van der Waals surface area (Å²) in [5, 5.41) is 0. The standard InChI is InChI=1S/C14H21FN2O/c1-2-13-10-18-8-7-17(13)14-4-3-12(15)9-11(14)5-6-16/h3-4,9,13H,2,5-8,10,16H2,1H3. The molecule has 1 unspecified atom stereocenters. The summed E-state index contributed by atoms with van der Waals surface area (Å²) in [5.74, 6) is -0.191. The van der Waals surface area contributed by atoms with Gasteiger partial charge in [-0.15, -0.1) is 0 Å². The molecule has 0 aliphatic carbocycles. The van der Waals surface area contributed by atoms with E-state index in [1.165, 1.54) is 6.07 Å². The lowest BCUT2D eigenvalue weighted by Gasteiger charge is -2.38. The molecule has 1 saturated heterocycles. The van der Waals surface area contributed by atoms with E-state index in [4.69, 9.17) is 10.5 Å². The van der Waals surface area contributed by atoms with Gasteiger partial charge in [0.2, 0.25) is 0 Å². The van der Waals surface area contributed by atoms with E-state index < -0.39 is 0 Å². The zero-order valence-electron chi connectivity index (χ0n) is 10.9. The van der Waals surface area contributed by atoms with Crippen molar-refractivity contribution in [2.75, 3.05) is 31.2 Å². The van der Waals surface area contributed by atoms with Gasteiger partial charge in [0.1, 0.15) is 5.82 Å². The average molecular weight is 252 g/mol. The van der Waals surface area contributed by atoms with E-state index in [9.17, 15) is 4.39 Å². The first-order chi connectivity index (χ1) is 8.76. The predicted molar refractivity (Wildman–Crippen MR) is 71.4 cm³/mol. The van der Waals surface area contributed by atoms with E-state index in [2.05, 4.69) is 11.8 Å². The molecule has 0 amide bonds. The molecular weight excluding hydrogens is 231 g/mol. The summed E-state index contributed by atoms with van der Waals surface area (Å²) >= 11 is 0. The predicted octanol–water partition coefficient (Wildman–Crippen LogP) is 1.94. The lowest BCUT2D eigenvalue weighted by Crippen LogP contribution is -2.45. The highest BCUT2D eigenvalue weighted by atomic mass is 19.1. The molecule has 1 aromatic carbocycles. The van der Waals surface area contributed by atoms with Crippen molar-refractivity contribution in [3.8, 4) is 0 Å². The zero-order chi connectivity index (χ0) is 13.0. The first kappa shape index (κ1) is 13.3. The first-order valence-corrected chi connectivity index (χ1v) is 6.59. The van der Waals surface area contributed by atoms with Gasteiger partial charge in [0, 0.05) is 12.2 Å². The number of morpholine rings is 1. The minimum atomic E-state index is -0.191. The van der Waals surface area contributed by atoms with E-state index in [0.717, 1.165) is 37.4 Å². The Hall–Kier alpha value is -1.13. The molecule has 1 fully saturated rings. The summed E-state index contributed by atoms with van der Waals surface area (Å²) in [5.41, 5.74) is 7.72. The van der Waals surface area contributed by atoms with E-state index in [0.29, 0.717) is 19.0 Å². The molecule has 0 radical (unpaired) electrons. The number of nitrogens with two attached hydrogens (primary N) is 1. The number of ether oxygens (including phenoxy) is 1. The second-order valence-electron chi connectivity index (χ2n) is 4.64. The van der Waals surface area contributed by atoms with Crippen molar-refractivity contribution in [3.05, 3.63) is 29.6 Å². The van der Waals surface area contributed by atoms with Crippen molar-refractivity contribution in [2.24, 2.45) is 5.73 Å². The van der Waals surface area contributed by atoms with Crippen LogP contribution in [0.25, 0.3) is 0 Å². The molecule has 100 valence electrons. The molecule has 1 aliphatic heterocycles. The molecule has 0 spiro atoms. The SMILES string of the molecule is CCC1COCCN1c1ccc(F)cc1CCN. The molecule has 1 aliphatic rings. The van der Waals surface area contributed by atoms with E-state index >= 15 is 0 Å². The highest BCUT2D eigenvalue weighted by Gasteiger charge is 2.23. The summed E-state index contributed by atoms with van der Waals surface area (Å²) in [6, 6.07) is 5.37. The average Bonchev–Trinajstić information content (AvgIpc) is 2.39.